The van der Waals surface area contributed by atoms with Gasteiger partial charge in [-0.15, -0.1) is 0 Å². The van der Waals surface area contributed by atoms with Gasteiger partial charge < -0.3 is 5.73 Å². The topological polar surface area (TPSA) is 77.0 Å². The molecule has 0 aliphatic heterocycles. The van der Waals surface area contributed by atoms with Crippen molar-refractivity contribution in [2.45, 2.75) is 13.0 Å². The summed E-state index contributed by atoms with van der Waals surface area (Å²) in [5, 5.41) is 0. The smallest absolute Gasteiger partial charge is 0.173 e. The van der Waals surface area contributed by atoms with Crippen molar-refractivity contribution in [3.8, 4) is 0 Å². The van der Waals surface area contributed by atoms with Crippen molar-refractivity contribution in [3.63, 3.8) is 0 Å². The standard InChI is InChI=1S/C13H13BrF2N4/c1-6-4-5-19-13(17)9(6)12(20-18)7-2-3-8(15)11(16)10(7)14/h2-5,12,20H,18H2,1H3,(H2,17,19). The summed E-state index contributed by atoms with van der Waals surface area (Å²) in [6.45, 7) is 1.84. The largest absolute Gasteiger partial charge is 0.383 e. The summed E-state index contributed by atoms with van der Waals surface area (Å²) in [7, 11) is 0. The molecule has 1 aromatic heterocycles. The highest BCUT2D eigenvalue weighted by Crippen LogP contribution is 2.34. The zero-order valence-electron chi connectivity index (χ0n) is 10.6. The molecule has 2 rings (SSSR count). The van der Waals surface area contributed by atoms with Crippen molar-refractivity contribution in [1.82, 2.24) is 10.4 Å². The Labute approximate surface area is 123 Å². The fourth-order valence-electron chi connectivity index (χ4n) is 2.06. The van der Waals surface area contributed by atoms with Gasteiger partial charge in [0.1, 0.15) is 5.82 Å². The molecule has 7 heteroatoms. The van der Waals surface area contributed by atoms with Gasteiger partial charge in [-0.25, -0.2) is 19.2 Å². The molecule has 1 heterocycles. The molecule has 1 aromatic carbocycles. The Kier molecular flexibility index (Phi) is 4.32. The second kappa shape index (κ2) is 5.82. The van der Waals surface area contributed by atoms with E-state index in [0.29, 0.717) is 11.1 Å². The number of nitrogens with zero attached hydrogens (tertiary/aromatic N) is 1. The minimum absolute atomic E-state index is 0.00287. The van der Waals surface area contributed by atoms with E-state index in [1.165, 1.54) is 6.07 Å². The van der Waals surface area contributed by atoms with Gasteiger partial charge in [0.2, 0.25) is 0 Å². The highest BCUT2D eigenvalue weighted by Gasteiger charge is 2.23. The number of anilines is 1. The quantitative estimate of drug-likeness (QED) is 0.455. The summed E-state index contributed by atoms with van der Waals surface area (Å²) < 4.78 is 26.9. The maximum atomic E-state index is 13.7. The van der Waals surface area contributed by atoms with Crippen LogP contribution in [0.15, 0.2) is 28.9 Å². The molecular weight excluding hydrogens is 330 g/mol. The molecule has 5 N–H and O–H groups in total. The van der Waals surface area contributed by atoms with Gasteiger partial charge in [-0.1, -0.05) is 6.07 Å². The molecule has 0 spiro atoms. The SMILES string of the molecule is Cc1ccnc(N)c1C(NN)c1ccc(F)c(F)c1Br. The average Bonchev–Trinajstić information content (AvgIpc) is 2.42. The van der Waals surface area contributed by atoms with E-state index in [1.807, 2.05) is 6.92 Å². The Morgan fingerprint density at radius 3 is 2.60 bits per heavy atom. The van der Waals surface area contributed by atoms with Crippen LogP contribution in [0.25, 0.3) is 0 Å². The van der Waals surface area contributed by atoms with Gasteiger partial charge in [0, 0.05) is 11.8 Å². The van der Waals surface area contributed by atoms with Crippen LogP contribution in [0.1, 0.15) is 22.7 Å². The molecule has 0 saturated carbocycles. The number of hydrogen-bond acceptors (Lipinski definition) is 4. The third-order valence-electron chi connectivity index (χ3n) is 3.07. The van der Waals surface area contributed by atoms with E-state index < -0.39 is 17.7 Å². The van der Waals surface area contributed by atoms with E-state index in [1.54, 1.807) is 12.3 Å². The first-order chi connectivity index (χ1) is 9.47. The van der Waals surface area contributed by atoms with Crippen LogP contribution in [-0.4, -0.2) is 4.98 Å². The third kappa shape index (κ3) is 2.52. The summed E-state index contributed by atoms with van der Waals surface area (Å²) in [6, 6.07) is 3.65. The third-order valence-corrected chi connectivity index (χ3v) is 3.88. The molecule has 106 valence electrons. The van der Waals surface area contributed by atoms with Crippen molar-refractivity contribution in [3.05, 3.63) is 57.2 Å². The van der Waals surface area contributed by atoms with E-state index in [-0.39, 0.29) is 10.3 Å². The van der Waals surface area contributed by atoms with Crippen molar-refractivity contribution < 1.29 is 8.78 Å². The molecule has 0 aliphatic carbocycles. The average molecular weight is 343 g/mol. The highest BCUT2D eigenvalue weighted by atomic mass is 79.9. The summed E-state index contributed by atoms with van der Waals surface area (Å²) in [4.78, 5) is 4.00. The maximum Gasteiger partial charge on any atom is 0.173 e. The number of nitrogens with two attached hydrogens (primary N) is 2. The summed E-state index contributed by atoms with van der Waals surface area (Å²) in [6.07, 6.45) is 1.57. The Morgan fingerprint density at radius 1 is 1.30 bits per heavy atom. The Hall–Kier alpha value is -1.57. The van der Waals surface area contributed by atoms with Crippen LogP contribution >= 0.6 is 15.9 Å². The van der Waals surface area contributed by atoms with Crippen LogP contribution < -0.4 is 17.0 Å². The fourth-order valence-corrected chi connectivity index (χ4v) is 2.61. The first kappa shape index (κ1) is 14.8. The second-order valence-corrected chi connectivity index (χ2v) is 5.08. The van der Waals surface area contributed by atoms with Crippen LogP contribution in [0, 0.1) is 18.6 Å². The number of hydrazine groups is 1. The molecule has 1 atom stereocenters. The van der Waals surface area contributed by atoms with Crippen molar-refractivity contribution in [2.24, 2.45) is 5.84 Å². The lowest BCUT2D eigenvalue weighted by Gasteiger charge is -2.21. The van der Waals surface area contributed by atoms with Crippen molar-refractivity contribution >= 4 is 21.7 Å². The van der Waals surface area contributed by atoms with Gasteiger partial charge in [-0.05, 0) is 46.1 Å². The first-order valence-corrected chi connectivity index (χ1v) is 6.57. The minimum atomic E-state index is -0.970. The van der Waals surface area contributed by atoms with Gasteiger partial charge in [0.15, 0.2) is 11.6 Å². The zero-order valence-corrected chi connectivity index (χ0v) is 12.2. The predicted molar refractivity (Wildman–Crippen MR) is 76.6 cm³/mol. The van der Waals surface area contributed by atoms with Crippen LogP contribution in [-0.2, 0) is 0 Å². The fraction of sp³-hybridized carbons (Fsp3) is 0.154. The predicted octanol–water partition coefficient (Wildman–Crippen LogP) is 2.57. The number of pyridine rings is 1. The van der Waals surface area contributed by atoms with E-state index in [4.69, 9.17) is 11.6 Å². The van der Waals surface area contributed by atoms with Crippen molar-refractivity contribution in [2.75, 3.05) is 5.73 Å². The molecule has 0 aliphatic rings. The number of rotatable bonds is 3. The van der Waals surface area contributed by atoms with Gasteiger partial charge in [0.25, 0.3) is 0 Å². The molecule has 20 heavy (non-hydrogen) atoms. The molecule has 0 bridgehead atoms. The molecule has 0 radical (unpaired) electrons. The molecule has 2 aromatic rings. The number of nitrogen functional groups attached to an aromatic ring is 1. The van der Waals surface area contributed by atoms with E-state index in [2.05, 4.69) is 26.3 Å². The Bertz CT molecular complexity index is 628. The number of aryl methyl sites for hydroxylation is 1. The van der Waals surface area contributed by atoms with Crippen LogP contribution in [0.5, 0.6) is 0 Å². The molecule has 4 nitrogen and oxygen atoms in total. The van der Waals surface area contributed by atoms with E-state index in [9.17, 15) is 8.78 Å². The Morgan fingerprint density at radius 2 is 2.00 bits per heavy atom. The second-order valence-electron chi connectivity index (χ2n) is 4.29. The number of aromatic nitrogens is 1. The zero-order chi connectivity index (χ0) is 14.9. The summed E-state index contributed by atoms with van der Waals surface area (Å²) in [5.41, 5.74) is 10.3. The summed E-state index contributed by atoms with van der Waals surface area (Å²) in [5.74, 6) is 3.94. The van der Waals surface area contributed by atoms with E-state index in [0.717, 1.165) is 11.6 Å². The Balaban J connectivity index is 2.62. The number of nitrogens with one attached hydrogen (secondary N) is 1. The number of hydrogen-bond donors (Lipinski definition) is 3. The van der Waals surface area contributed by atoms with Gasteiger partial charge in [-0.3, -0.25) is 5.84 Å². The van der Waals surface area contributed by atoms with Crippen LogP contribution in [0.4, 0.5) is 14.6 Å². The van der Waals surface area contributed by atoms with Gasteiger partial charge in [0.05, 0.1) is 10.5 Å². The highest BCUT2D eigenvalue weighted by molar-refractivity contribution is 9.10. The lowest BCUT2D eigenvalue weighted by Crippen LogP contribution is -2.30. The lowest BCUT2D eigenvalue weighted by atomic mass is 9.96. The number of halogens is 3. The van der Waals surface area contributed by atoms with Crippen molar-refractivity contribution in [1.29, 1.82) is 0 Å². The molecule has 0 amide bonds. The molecule has 1 unspecified atom stereocenters. The van der Waals surface area contributed by atoms with Crippen LogP contribution in [0.2, 0.25) is 0 Å². The summed E-state index contributed by atoms with van der Waals surface area (Å²) >= 11 is 3.05. The van der Waals surface area contributed by atoms with Gasteiger partial charge >= 0.3 is 0 Å². The van der Waals surface area contributed by atoms with Gasteiger partial charge in [-0.2, -0.15) is 0 Å². The molecule has 0 fully saturated rings. The molecular formula is C13H13BrF2N4. The van der Waals surface area contributed by atoms with E-state index >= 15 is 0 Å². The lowest BCUT2D eigenvalue weighted by molar-refractivity contribution is 0.498. The first-order valence-electron chi connectivity index (χ1n) is 5.77. The molecule has 0 saturated heterocycles. The minimum Gasteiger partial charge on any atom is -0.383 e. The maximum absolute atomic E-state index is 13.7. The monoisotopic (exact) mass is 342 g/mol. The normalized spacial score (nSPS) is 12.4. The number of benzene rings is 1. The van der Waals surface area contributed by atoms with Crippen LogP contribution in [0.3, 0.4) is 0 Å².